The molecule has 1 aliphatic rings. The summed E-state index contributed by atoms with van der Waals surface area (Å²) in [5, 5.41) is 0.452. The number of epoxide rings is 1. The van der Waals surface area contributed by atoms with Crippen LogP contribution in [0.3, 0.4) is 0 Å². The van der Waals surface area contributed by atoms with Crippen LogP contribution in [0.1, 0.15) is 24.2 Å². The number of ether oxygens (including phenoxy) is 1. The summed E-state index contributed by atoms with van der Waals surface area (Å²) in [5.41, 5.74) is 1.36. The van der Waals surface area contributed by atoms with Crippen molar-refractivity contribution in [1.82, 2.24) is 4.98 Å². The molecular weight excluding hydrogens is 253 g/mol. The minimum Gasteiger partial charge on any atom is -0.356 e. The van der Waals surface area contributed by atoms with Crippen LogP contribution in [-0.2, 0) is 10.3 Å². The van der Waals surface area contributed by atoms with Gasteiger partial charge < -0.3 is 4.74 Å². The van der Waals surface area contributed by atoms with E-state index in [-0.39, 0.29) is 11.9 Å². The first-order valence-electron chi connectivity index (χ1n) is 5.65. The van der Waals surface area contributed by atoms with Gasteiger partial charge in [0.1, 0.15) is 22.7 Å². The second-order valence-corrected chi connectivity index (χ2v) is 4.85. The van der Waals surface area contributed by atoms with Crippen molar-refractivity contribution in [2.24, 2.45) is 0 Å². The Hall–Kier alpha value is -1.45. The molecule has 2 heterocycles. The normalized spacial score (nSPS) is 26.1. The largest absolute Gasteiger partial charge is 0.356 e. The molecule has 1 saturated heterocycles. The monoisotopic (exact) mass is 263 g/mol. The second-order valence-electron chi connectivity index (χ2n) is 4.50. The van der Waals surface area contributed by atoms with E-state index in [1.807, 2.05) is 19.1 Å². The Balaban J connectivity index is 1.92. The lowest BCUT2D eigenvalue weighted by Gasteiger charge is -2.07. The average molecular weight is 264 g/mol. The number of pyridine rings is 1. The van der Waals surface area contributed by atoms with Crippen LogP contribution in [0.2, 0.25) is 5.15 Å². The van der Waals surface area contributed by atoms with Crippen LogP contribution >= 0.6 is 11.6 Å². The summed E-state index contributed by atoms with van der Waals surface area (Å²) >= 11 is 6.05. The SMILES string of the molecule is CC1(c2ccc(F)cc2)OC1c1cccnc1Cl. The summed E-state index contributed by atoms with van der Waals surface area (Å²) in [6.45, 7) is 1.97. The number of hydrogen-bond acceptors (Lipinski definition) is 2. The van der Waals surface area contributed by atoms with E-state index in [0.29, 0.717) is 5.15 Å². The molecule has 0 bridgehead atoms. The van der Waals surface area contributed by atoms with E-state index in [1.54, 1.807) is 18.3 Å². The maximum Gasteiger partial charge on any atom is 0.134 e. The molecule has 0 spiro atoms. The Bertz CT molecular complexity index is 587. The molecule has 2 nitrogen and oxygen atoms in total. The fourth-order valence-electron chi connectivity index (χ4n) is 2.17. The van der Waals surface area contributed by atoms with E-state index in [9.17, 15) is 4.39 Å². The molecule has 4 heteroatoms. The summed E-state index contributed by atoms with van der Waals surface area (Å²) in [4.78, 5) is 4.04. The van der Waals surface area contributed by atoms with Crippen molar-refractivity contribution in [3.63, 3.8) is 0 Å². The highest BCUT2D eigenvalue weighted by atomic mass is 35.5. The number of halogens is 2. The number of rotatable bonds is 2. The zero-order valence-electron chi connectivity index (χ0n) is 9.73. The molecule has 2 aromatic rings. The summed E-state index contributed by atoms with van der Waals surface area (Å²) in [6.07, 6.45) is 1.52. The first-order valence-corrected chi connectivity index (χ1v) is 6.03. The zero-order valence-corrected chi connectivity index (χ0v) is 10.5. The zero-order chi connectivity index (χ0) is 12.8. The number of nitrogens with zero attached hydrogens (tertiary/aromatic N) is 1. The molecule has 0 amide bonds. The van der Waals surface area contributed by atoms with Gasteiger partial charge in [-0.2, -0.15) is 0 Å². The van der Waals surface area contributed by atoms with E-state index in [2.05, 4.69) is 4.98 Å². The quantitative estimate of drug-likeness (QED) is 0.607. The number of aromatic nitrogens is 1. The van der Waals surface area contributed by atoms with Crippen molar-refractivity contribution >= 4 is 11.6 Å². The van der Waals surface area contributed by atoms with Crippen LogP contribution in [0.25, 0.3) is 0 Å². The average Bonchev–Trinajstić information content (AvgIpc) is 3.04. The van der Waals surface area contributed by atoms with Gasteiger partial charge in [-0.25, -0.2) is 9.37 Å². The Morgan fingerprint density at radius 3 is 2.67 bits per heavy atom. The van der Waals surface area contributed by atoms with Crippen LogP contribution < -0.4 is 0 Å². The Kier molecular flexibility index (Phi) is 2.61. The fourth-order valence-corrected chi connectivity index (χ4v) is 2.38. The highest BCUT2D eigenvalue weighted by Gasteiger charge is 2.55. The van der Waals surface area contributed by atoms with E-state index >= 15 is 0 Å². The van der Waals surface area contributed by atoms with Crippen molar-refractivity contribution in [1.29, 1.82) is 0 Å². The van der Waals surface area contributed by atoms with Crippen molar-refractivity contribution in [3.05, 3.63) is 64.7 Å². The van der Waals surface area contributed by atoms with Crippen LogP contribution in [0.5, 0.6) is 0 Å². The molecule has 92 valence electrons. The van der Waals surface area contributed by atoms with Crippen molar-refractivity contribution in [2.45, 2.75) is 18.6 Å². The van der Waals surface area contributed by atoms with Gasteiger partial charge in [0.15, 0.2) is 0 Å². The Morgan fingerprint density at radius 2 is 2.00 bits per heavy atom. The summed E-state index contributed by atoms with van der Waals surface area (Å²) in [5.74, 6) is -0.251. The Morgan fingerprint density at radius 1 is 1.28 bits per heavy atom. The second kappa shape index (κ2) is 4.04. The van der Waals surface area contributed by atoms with Gasteiger partial charge >= 0.3 is 0 Å². The highest BCUT2D eigenvalue weighted by Crippen LogP contribution is 2.57. The first kappa shape index (κ1) is 11.6. The minimum absolute atomic E-state index is 0.121. The third-order valence-corrected chi connectivity index (χ3v) is 3.61. The summed E-state index contributed by atoms with van der Waals surface area (Å²) < 4.78 is 18.7. The first-order chi connectivity index (χ1) is 8.61. The van der Waals surface area contributed by atoms with Crippen molar-refractivity contribution in [3.8, 4) is 0 Å². The van der Waals surface area contributed by atoms with E-state index < -0.39 is 5.60 Å². The van der Waals surface area contributed by atoms with Crippen LogP contribution in [0.15, 0.2) is 42.6 Å². The summed E-state index contributed by atoms with van der Waals surface area (Å²) in [6, 6.07) is 10.1. The van der Waals surface area contributed by atoms with E-state index in [4.69, 9.17) is 16.3 Å². The smallest absolute Gasteiger partial charge is 0.134 e. The lowest BCUT2D eigenvalue weighted by molar-refractivity contribution is 0.313. The van der Waals surface area contributed by atoms with Gasteiger partial charge in [0.05, 0.1) is 0 Å². The lowest BCUT2D eigenvalue weighted by Crippen LogP contribution is -2.04. The molecule has 1 aromatic carbocycles. The molecule has 1 fully saturated rings. The molecule has 18 heavy (non-hydrogen) atoms. The molecule has 0 radical (unpaired) electrons. The van der Waals surface area contributed by atoms with Gasteiger partial charge in [-0.1, -0.05) is 29.8 Å². The third kappa shape index (κ3) is 1.80. The third-order valence-electron chi connectivity index (χ3n) is 3.29. The molecule has 0 N–H and O–H groups in total. The lowest BCUT2D eigenvalue weighted by atomic mass is 9.94. The molecule has 3 rings (SSSR count). The van der Waals surface area contributed by atoms with Gasteiger partial charge in [0, 0.05) is 11.8 Å². The molecule has 2 atom stereocenters. The Labute approximate surface area is 109 Å². The molecule has 1 aromatic heterocycles. The standard InChI is InChI=1S/C14H11ClFNO/c1-14(9-4-6-10(16)7-5-9)12(18-14)11-3-2-8-17-13(11)15/h2-8,12H,1H3. The van der Waals surface area contributed by atoms with Crippen molar-refractivity contribution in [2.75, 3.05) is 0 Å². The van der Waals surface area contributed by atoms with Gasteiger partial charge in [0.25, 0.3) is 0 Å². The molecule has 1 aliphatic heterocycles. The fraction of sp³-hybridized carbons (Fsp3) is 0.214. The predicted octanol–water partition coefficient (Wildman–Crippen LogP) is 3.86. The maximum absolute atomic E-state index is 12.9. The van der Waals surface area contributed by atoms with Gasteiger partial charge in [-0.05, 0) is 30.7 Å². The number of hydrogen-bond donors (Lipinski definition) is 0. The van der Waals surface area contributed by atoms with E-state index in [1.165, 1.54) is 12.1 Å². The molecule has 2 unspecified atom stereocenters. The number of benzene rings is 1. The molecule has 0 aliphatic carbocycles. The van der Waals surface area contributed by atoms with Gasteiger partial charge in [-0.15, -0.1) is 0 Å². The van der Waals surface area contributed by atoms with Crippen LogP contribution in [0.4, 0.5) is 4.39 Å². The van der Waals surface area contributed by atoms with Gasteiger partial charge in [0.2, 0.25) is 0 Å². The topological polar surface area (TPSA) is 25.4 Å². The predicted molar refractivity (Wildman–Crippen MR) is 66.8 cm³/mol. The summed E-state index contributed by atoms with van der Waals surface area (Å²) in [7, 11) is 0. The minimum atomic E-state index is -0.444. The van der Waals surface area contributed by atoms with Gasteiger partial charge in [-0.3, -0.25) is 0 Å². The molecule has 0 saturated carbocycles. The maximum atomic E-state index is 12.9. The highest BCUT2D eigenvalue weighted by molar-refractivity contribution is 6.30. The van der Waals surface area contributed by atoms with E-state index in [0.717, 1.165) is 11.1 Å². The van der Waals surface area contributed by atoms with Crippen molar-refractivity contribution < 1.29 is 9.13 Å². The van der Waals surface area contributed by atoms with Crippen LogP contribution in [-0.4, -0.2) is 4.98 Å². The molecular formula is C14H11ClFNO. The van der Waals surface area contributed by atoms with Crippen LogP contribution in [0, 0.1) is 5.82 Å².